The van der Waals surface area contributed by atoms with Crippen molar-refractivity contribution in [3.63, 3.8) is 0 Å². The lowest BCUT2D eigenvalue weighted by atomic mass is 9.64. The van der Waals surface area contributed by atoms with Crippen molar-refractivity contribution in [2.24, 2.45) is 17.3 Å². The topological polar surface area (TPSA) is 78.4 Å². The molecule has 9 heteroatoms. The maximum atomic E-state index is 12.5. The van der Waals surface area contributed by atoms with Crippen molar-refractivity contribution in [2.45, 2.75) is 69.2 Å². The quantitative estimate of drug-likeness (QED) is 0.604. The van der Waals surface area contributed by atoms with Gasteiger partial charge in [0.1, 0.15) is 6.10 Å². The van der Waals surface area contributed by atoms with Crippen LogP contribution in [0.2, 0.25) is 0 Å². The molecule has 1 spiro atoms. The molecule has 0 aliphatic heterocycles. The van der Waals surface area contributed by atoms with Gasteiger partial charge in [0, 0.05) is 18.5 Å². The van der Waals surface area contributed by atoms with Crippen LogP contribution < -0.4 is 10.6 Å². The first-order chi connectivity index (χ1) is 14.2. The molecule has 1 heterocycles. The van der Waals surface area contributed by atoms with Gasteiger partial charge in [0.2, 0.25) is 11.8 Å². The Bertz CT molecular complexity index is 779. The molecule has 5 atom stereocenters. The van der Waals surface area contributed by atoms with Gasteiger partial charge in [-0.05, 0) is 71.7 Å². The molecule has 3 unspecified atom stereocenters. The molecule has 30 heavy (non-hydrogen) atoms. The highest BCUT2D eigenvalue weighted by molar-refractivity contribution is 7.08. The van der Waals surface area contributed by atoms with Crippen LogP contribution in [-0.4, -0.2) is 41.8 Å². The van der Waals surface area contributed by atoms with Gasteiger partial charge < -0.3 is 15.7 Å². The van der Waals surface area contributed by atoms with E-state index in [1.54, 1.807) is 11.3 Å². The second-order valence-electron chi connectivity index (χ2n) is 9.09. The zero-order valence-corrected chi connectivity index (χ0v) is 17.4. The number of aliphatic hydroxyl groups excluding tert-OH is 1. The molecule has 3 fully saturated rings. The summed E-state index contributed by atoms with van der Waals surface area (Å²) in [6.07, 6.45) is -2.86. The summed E-state index contributed by atoms with van der Waals surface area (Å²) < 4.78 is 37.6. The number of thiophene rings is 1. The average Bonchev–Trinajstić information content (AvgIpc) is 3.08. The fourth-order valence-electron chi connectivity index (χ4n) is 5.24. The molecule has 1 aromatic rings. The summed E-state index contributed by atoms with van der Waals surface area (Å²) in [5.74, 6) is -0.759. The Kier molecular flexibility index (Phi) is 5.87. The summed E-state index contributed by atoms with van der Waals surface area (Å²) in [6, 6.07) is 1.73. The van der Waals surface area contributed by atoms with Crippen molar-refractivity contribution in [1.29, 1.82) is 0 Å². The van der Waals surface area contributed by atoms with Crippen LogP contribution in [0, 0.1) is 17.3 Å². The third kappa shape index (κ3) is 4.51. The zero-order chi connectivity index (χ0) is 21.5. The third-order valence-corrected chi connectivity index (χ3v) is 7.86. The molecule has 4 rings (SSSR count). The number of rotatable bonds is 7. The number of amides is 2. The monoisotopic (exact) mass is 444 g/mol. The van der Waals surface area contributed by atoms with Gasteiger partial charge in [0.25, 0.3) is 0 Å². The Morgan fingerprint density at radius 1 is 1.30 bits per heavy atom. The number of carbonyl (C=O) groups is 2. The number of alkyl halides is 3. The van der Waals surface area contributed by atoms with Crippen molar-refractivity contribution >= 4 is 23.2 Å². The first-order valence-corrected chi connectivity index (χ1v) is 11.5. The van der Waals surface area contributed by atoms with Gasteiger partial charge in [-0.1, -0.05) is 6.42 Å². The van der Waals surface area contributed by atoms with Crippen molar-refractivity contribution in [2.75, 3.05) is 6.54 Å². The smallest absolute Gasteiger partial charge is 0.383 e. The van der Waals surface area contributed by atoms with Gasteiger partial charge in [-0.15, -0.1) is 0 Å². The molecule has 0 saturated heterocycles. The van der Waals surface area contributed by atoms with Crippen molar-refractivity contribution in [1.82, 2.24) is 10.6 Å². The highest BCUT2D eigenvalue weighted by atomic mass is 32.1. The molecule has 3 N–H and O–H groups in total. The Morgan fingerprint density at radius 2 is 2.07 bits per heavy atom. The number of nitrogens with one attached hydrogen (secondary N) is 2. The van der Waals surface area contributed by atoms with E-state index >= 15 is 0 Å². The van der Waals surface area contributed by atoms with Crippen LogP contribution in [0.25, 0.3) is 0 Å². The Labute approximate surface area is 177 Å². The third-order valence-electron chi connectivity index (χ3n) is 7.16. The highest BCUT2D eigenvalue weighted by Gasteiger charge is 2.53. The van der Waals surface area contributed by atoms with E-state index in [0.717, 1.165) is 38.5 Å². The second kappa shape index (κ2) is 8.15. The van der Waals surface area contributed by atoms with Crippen molar-refractivity contribution in [3.05, 3.63) is 22.4 Å². The van der Waals surface area contributed by atoms with Crippen molar-refractivity contribution in [3.8, 4) is 0 Å². The van der Waals surface area contributed by atoms with Crippen LogP contribution in [0.5, 0.6) is 0 Å². The first kappa shape index (κ1) is 21.6. The van der Waals surface area contributed by atoms with E-state index in [4.69, 9.17) is 0 Å². The summed E-state index contributed by atoms with van der Waals surface area (Å²) in [7, 11) is 0. The van der Waals surface area contributed by atoms with Crippen molar-refractivity contribution < 1.29 is 27.9 Å². The van der Waals surface area contributed by atoms with E-state index in [0.29, 0.717) is 6.54 Å². The maximum Gasteiger partial charge on any atom is 0.392 e. The number of aliphatic hydroxyl groups is 1. The van der Waals surface area contributed by atoms with E-state index in [9.17, 15) is 27.9 Å². The molecule has 0 aromatic carbocycles. The summed E-state index contributed by atoms with van der Waals surface area (Å²) >= 11 is 1.61. The number of halogens is 3. The standard InChI is InChI=1S/C21H27F3N2O3S/c22-21(23,24)9-16(27)19(29)26-17-12(2-6-20(17)4-1-5-20)10-25-18(28)15-8-14(15)13-3-7-30-11-13/h3,7,11-12,14-17,27H,1-2,4-6,8-10H2,(H,25,28)(H,26,29)/t12?,14-,15+,16?,17?/m0/s1. The summed E-state index contributed by atoms with van der Waals surface area (Å²) in [5.41, 5.74) is 1.08. The lowest BCUT2D eigenvalue weighted by Crippen LogP contribution is -2.55. The maximum absolute atomic E-state index is 12.5. The Morgan fingerprint density at radius 3 is 2.67 bits per heavy atom. The lowest BCUT2D eigenvalue weighted by molar-refractivity contribution is -0.164. The van der Waals surface area contributed by atoms with Gasteiger partial charge >= 0.3 is 6.18 Å². The second-order valence-corrected chi connectivity index (χ2v) is 9.87. The normalized spacial score (nSPS) is 30.5. The van der Waals surface area contributed by atoms with Crippen LogP contribution in [0.15, 0.2) is 16.8 Å². The van der Waals surface area contributed by atoms with E-state index < -0.39 is 24.6 Å². The van der Waals surface area contributed by atoms with Gasteiger partial charge in [0.05, 0.1) is 6.42 Å². The van der Waals surface area contributed by atoms with E-state index in [1.165, 1.54) is 5.56 Å². The predicted octanol–water partition coefficient (Wildman–Crippen LogP) is 3.35. The average molecular weight is 445 g/mol. The van der Waals surface area contributed by atoms with Crippen LogP contribution in [0.4, 0.5) is 13.2 Å². The molecule has 1 aromatic heterocycles. The van der Waals surface area contributed by atoms with Gasteiger partial charge in [0.15, 0.2) is 0 Å². The summed E-state index contributed by atoms with van der Waals surface area (Å²) in [5, 5.41) is 19.5. The van der Waals surface area contributed by atoms with Crippen LogP contribution >= 0.6 is 11.3 Å². The van der Waals surface area contributed by atoms with Gasteiger partial charge in [-0.25, -0.2) is 0 Å². The van der Waals surface area contributed by atoms with Crippen LogP contribution in [0.1, 0.15) is 56.4 Å². The molecule has 5 nitrogen and oxygen atoms in total. The Balaban J connectivity index is 1.33. The largest absolute Gasteiger partial charge is 0.392 e. The van der Waals surface area contributed by atoms with E-state index in [2.05, 4.69) is 16.0 Å². The van der Waals surface area contributed by atoms with Gasteiger partial charge in [-0.2, -0.15) is 24.5 Å². The summed E-state index contributed by atoms with van der Waals surface area (Å²) in [4.78, 5) is 24.8. The van der Waals surface area contributed by atoms with E-state index in [1.807, 2.05) is 11.4 Å². The SMILES string of the molecule is O=C(NC1C(CNC(=O)[C@@H]2C[C@H]2c2ccsc2)CCC12CCC2)C(O)CC(F)(F)F. The fraction of sp³-hybridized carbons (Fsp3) is 0.714. The number of carbonyl (C=O) groups excluding carboxylic acids is 2. The minimum atomic E-state index is -4.60. The first-order valence-electron chi connectivity index (χ1n) is 10.5. The Hall–Kier alpha value is -1.61. The molecular formula is C21H27F3N2O3S. The lowest BCUT2D eigenvalue weighted by Gasteiger charge is -2.45. The van der Waals surface area contributed by atoms with Gasteiger partial charge in [-0.3, -0.25) is 9.59 Å². The molecule has 3 saturated carbocycles. The molecular weight excluding hydrogens is 417 g/mol. The molecule has 166 valence electrons. The predicted molar refractivity (Wildman–Crippen MR) is 106 cm³/mol. The summed E-state index contributed by atoms with van der Waals surface area (Å²) in [6.45, 7) is 0.397. The number of hydrogen-bond acceptors (Lipinski definition) is 4. The van der Waals surface area contributed by atoms with Crippen LogP contribution in [0.3, 0.4) is 0 Å². The molecule has 2 amide bonds. The number of hydrogen-bond donors (Lipinski definition) is 3. The van der Waals surface area contributed by atoms with E-state index in [-0.39, 0.29) is 35.1 Å². The minimum absolute atomic E-state index is 0.00272. The van der Waals surface area contributed by atoms with Crippen LogP contribution in [-0.2, 0) is 9.59 Å². The molecule has 3 aliphatic carbocycles. The molecule has 0 radical (unpaired) electrons. The highest BCUT2D eigenvalue weighted by Crippen LogP contribution is 2.55. The minimum Gasteiger partial charge on any atom is -0.383 e. The molecule has 3 aliphatic rings. The zero-order valence-electron chi connectivity index (χ0n) is 16.6. The molecule has 0 bridgehead atoms. The fourth-order valence-corrected chi connectivity index (χ4v) is 5.97.